The molecule has 0 fully saturated rings. The first-order valence-corrected chi connectivity index (χ1v) is 4.59. The van der Waals surface area contributed by atoms with Crippen molar-refractivity contribution in [3.8, 4) is 0 Å². The lowest BCUT2D eigenvalue weighted by molar-refractivity contribution is -0.137. The van der Waals surface area contributed by atoms with E-state index in [1.165, 1.54) is 0 Å². The molecule has 1 rings (SSSR count). The molecule has 2 unspecified atom stereocenters. The second-order valence-electron chi connectivity index (χ2n) is 3.45. The summed E-state index contributed by atoms with van der Waals surface area (Å²) in [7, 11) is 0. The van der Waals surface area contributed by atoms with Crippen LogP contribution in [-0.2, 0) is 4.79 Å². The minimum Gasteiger partial charge on any atom is -0.481 e. The Hall–Kier alpha value is -1.53. The Labute approximate surface area is 90.9 Å². The van der Waals surface area contributed by atoms with Crippen molar-refractivity contribution in [2.75, 3.05) is 0 Å². The van der Waals surface area contributed by atoms with E-state index in [9.17, 15) is 13.6 Å². The van der Waals surface area contributed by atoms with E-state index in [1.54, 1.807) is 0 Å². The van der Waals surface area contributed by atoms with E-state index < -0.39 is 29.7 Å². The Morgan fingerprint density at radius 1 is 1.38 bits per heavy atom. The van der Waals surface area contributed by atoms with Crippen LogP contribution in [0, 0.1) is 11.6 Å². The molecule has 4 nitrogen and oxygen atoms in total. The van der Waals surface area contributed by atoms with E-state index in [0.29, 0.717) is 6.07 Å². The third-order valence-corrected chi connectivity index (χ3v) is 2.19. The van der Waals surface area contributed by atoms with E-state index in [4.69, 9.17) is 16.6 Å². The topological polar surface area (TPSA) is 89.3 Å². The van der Waals surface area contributed by atoms with Crippen molar-refractivity contribution >= 4 is 5.97 Å². The van der Waals surface area contributed by atoms with Crippen LogP contribution >= 0.6 is 0 Å². The molecule has 0 aliphatic heterocycles. The standard InChI is InChI=1S/C10H12F2N2O2/c11-5-1-2-6(7(12)3-5)10(14)8(13)4-9(15)16/h1-3,8,10H,4,13-14H2,(H,15,16). The highest BCUT2D eigenvalue weighted by Gasteiger charge is 2.21. The Bertz CT molecular complexity index is 398. The lowest BCUT2D eigenvalue weighted by Crippen LogP contribution is -2.36. The van der Waals surface area contributed by atoms with Crippen LogP contribution in [0.15, 0.2) is 18.2 Å². The molecule has 0 aromatic heterocycles. The lowest BCUT2D eigenvalue weighted by Gasteiger charge is -2.19. The number of carboxylic acids is 1. The van der Waals surface area contributed by atoms with Crippen LogP contribution in [0.4, 0.5) is 8.78 Å². The zero-order valence-electron chi connectivity index (χ0n) is 8.36. The molecule has 0 spiro atoms. The Balaban J connectivity index is 2.87. The average Bonchev–Trinajstić information content (AvgIpc) is 2.15. The normalized spacial score (nSPS) is 14.5. The fourth-order valence-corrected chi connectivity index (χ4v) is 1.33. The quantitative estimate of drug-likeness (QED) is 0.712. The molecule has 5 N–H and O–H groups in total. The first-order chi connectivity index (χ1) is 7.41. The minimum absolute atomic E-state index is 0.00940. The predicted molar refractivity (Wildman–Crippen MR) is 53.5 cm³/mol. The number of rotatable bonds is 4. The molecule has 0 aliphatic carbocycles. The highest BCUT2D eigenvalue weighted by molar-refractivity contribution is 5.67. The Kier molecular flexibility index (Phi) is 3.92. The van der Waals surface area contributed by atoms with Crippen molar-refractivity contribution in [1.82, 2.24) is 0 Å². The molecule has 1 aromatic rings. The smallest absolute Gasteiger partial charge is 0.304 e. The van der Waals surface area contributed by atoms with Gasteiger partial charge in [-0.3, -0.25) is 4.79 Å². The van der Waals surface area contributed by atoms with E-state index in [2.05, 4.69) is 0 Å². The van der Waals surface area contributed by atoms with Crippen molar-refractivity contribution in [2.24, 2.45) is 11.5 Å². The molecule has 0 aliphatic rings. The summed E-state index contributed by atoms with van der Waals surface area (Å²) in [6.45, 7) is 0. The number of aliphatic carboxylic acids is 1. The van der Waals surface area contributed by atoms with E-state index in [1.807, 2.05) is 0 Å². The molecular formula is C10H12F2N2O2. The summed E-state index contributed by atoms with van der Waals surface area (Å²) < 4.78 is 25.9. The molecule has 0 bridgehead atoms. The van der Waals surface area contributed by atoms with Crippen LogP contribution in [-0.4, -0.2) is 17.1 Å². The monoisotopic (exact) mass is 230 g/mol. The van der Waals surface area contributed by atoms with Crippen molar-refractivity contribution in [1.29, 1.82) is 0 Å². The summed E-state index contributed by atoms with van der Waals surface area (Å²) in [5.74, 6) is -2.67. The van der Waals surface area contributed by atoms with Gasteiger partial charge in [0.2, 0.25) is 0 Å². The van der Waals surface area contributed by atoms with Gasteiger partial charge in [-0.25, -0.2) is 8.78 Å². The van der Waals surface area contributed by atoms with Crippen molar-refractivity contribution in [3.63, 3.8) is 0 Å². The van der Waals surface area contributed by atoms with Crippen LogP contribution in [0.2, 0.25) is 0 Å². The summed E-state index contributed by atoms with van der Waals surface area (Å²) in [4.78, 5) is 10.4. The number of hydrogen-bond acceptors (Lipinski definition) is 3. The fourth-order valence-electron chi connectivity index (χ4n) is 1.33. The van der Waals surface area contributed by atoms with Gasteiger partial charge in [-0.1, -0.05) is 6.07 Å². The number of hydrogen-bond donors (Lipinski definition) is 3. The molecule has 0 radical (unpaired) electrons. The van der Waals surface area contributed by atoms with Gasteiger partial charge < -0.3 is 16.6 Å². The molecule has 0 heterocycles. The van der Waals surface area contributed by atoms with Gasteiger partial charge in [0.05, 0.1) is 6.42 Å². The van der Waals surface area contributed by atoms with Crippen LogP contribution in [0.3, 0.4) is 0 Å². The summed E-state index contributed by atoms with van der Waals surface area (Å²) in [5, 5.41) is 8.50. The first-order valence-electron chi connectivity index (χ1n) is 4.59. The summed E-state index contributed by atoms with van der Waals surface area (Å²) >= 11 is 0. The average molecular weight is 230 g/mol. The van der Waals surface area contributed by atoms with Gasteiger partial charge in [-0.05, 0) is 6.07 Å². The maximum absolute atomic E-state index is 13.3. The van der Waals surface area contributed by atoms with Gasteiger partial charge in [0, 0.05) is 23.7 Å². The third-order valence-electron chi connectivity index (χ3n) is 2.19. The minimum atomic E-state index is -1.12. The van der Waals surface area contributed by atoms with Crippen molar-refractivity contribution < 1.29 is 18.7 Å². The Morgan fingerprint density at radius 3 is 2.50 bits per heavy atom. The molecule has 0 saturated heterocycles. The second kappa shape index (κ2) is 5.00. The van der Waals surface area contributed by atoms with Crippen LogP contribution in [0.5, 0.6) is 0 Å². The lowest BCUT2D eigenvalue weighted by atomic mass is 9.98. The first kappa shape index (κ1) is 12.5. The number of carboxylic acid groups (broad SMARTS) is 1. The molecule has 88 valence electrons. The summed E-state index contributed by atoms with van der Waals surface area (Å²) in [5.41, 5.74) is 11.1. The number of halogens is 2. The molecule has 16 heavy (non-hydrogen) atoms. The highest BCUT2D eigenvalue weighted by Crippen LogP contribution is 2.19. The summed E-state index contributed by atoms with van der Waals surface area (Å²) in [6.07, 6.45) is -0.377. The Morgan fingerprint density at radius 2 is 2.00 bits per heavy atom. The number of carbonyl (C=O) groups is 1. The van der Waals surface area contributed by atoms with Crippen molar-refractivity contribution in [3.05, 3.63) is 35.4 Å². The molecule has 6 heteroatoms. The fraction of sp³-hybridized carbons (Fsp3) is 0.300. The molecule has 2 atom stereocenters. The van der Waals surface area contributed by atoms with Gasteiger partial charge in [-0.15, -0.1) is 0 Å². The zero-order valence-corrected chi connectivity index (χ0v) is 8.36. The largest absolute Gasteiger partial charge is 0.481 e. The zero-order chi connectivity index (χ0) is 12.3. The third kappa shape index (κ3) is 2.98. The molecule has 0 amide bonds. The van der Waals surface area contributed by atoms with Crippen LogP contribution < -0.4 is 11.5 Å². The van der Waals surface area contributed by atoms with Gasteiger partial charge in [0.25, 0.3) is 0 Å². The second-order valence-corrected chi connectivity index (χ2v) is 3.45. The molecular weight excluding hydrogens is 218 g/mol. The van der Waals surface area contributed by atoms with E-state index in [-0.39, 0.29) is 12.0 Å². The van der Waals surface area contributed by atoms with Gasteiger partial charge in [0.15, 0.2) is 0 Å². The number of nitrogens with two attached hydrogens (primary N) is 2. The predicted octanol–water partition coefficient (Wildman–Crippen LogP) is 0.767. The van der Waals surface area contributed by atoms with Crippen LogP contribution in [0.25, 0.3) is 0 Å². The van der Waals surface area contributed by atoms with Gasteiger partial charge >= 0.3 is 5.97 Å². The maximum atomic E-state index is 13.3. The van der Waals surface area contributed by atoms with Crippen LogP contribution in [0.1, 0.15) is 18.0 Å². The van der Waals surface area contributed by atoms with Gasteiger partial charge in [0.1, 0.15) is 11.6 Å². The highest BCUT2D eigenvalue weighted by atomic mass is 19.1. The molecule has 0 saturated carbocycles. The SMILES string of the molecule is NC(CC(=O)O)C(N)c1ccc(F)cc1F. The van der Waals surface area contributed by atoms with Gasteiger partial charge in [-0.2, -0.15) is 0 Å². The maximum Gasteiger partial charge on any atom is 0.304 e. The number of benzene rings is 1. The van der Waals surface area contributed by atoms with Crippen molar-refractivity contribution in [2.45, 2.75) is 18.5 Å². The summed E-state index contributed by atoms with van der Waals surface area (Å²) in [6, 6.07) is 1.00. The molecule has 1 aromatic carbocycles. The van der Waals surface area contributed by atoms with E-state index >= 15 is 0 Å². The van der Waals surface area contributed by atoms with E-state index in [0.717, 1.165) is 12.1 Å².